The summed E-state index contributed by atoms with van der Waals surface area (Å²) in [7, 11) is -53.3. The SMILES string of the molecule is F[P-](F)(F)(F)(F)F.F[P-](F)(F)(F)(F)F.F[P-](F)(F)(F)(F)F.F[P-](F)(F)(F)(F)F.F[P-](F)(F)(F)(F)F.[U].c1cnc2[n-]nnc2c1. The van der Waals surface area contributed by atoms with Crippen LogP contribution in [0.2, 0.25) is 0 Å². The summed E-state index contributed by atoms with van der Waals surface area (Å²) in [6.07, 6.45) is 1.67. The molecule has 0 saturated carbocycles. The largest absolute Gasteiger partial charge is 0.367 e. The number of hydrogen-bond acceptors (Lipinski definition) is 3. The summed E-state index contributed by atoms with van der Waals surface area (Å²) in [6.45, 7) is 0. The maximum atomic E-state index is 9.87. The molecule has 0 fully saturated rings. The normalized spacial score (nSPS) is 20.0. The Morgan fingerprint density at radius 3 is 0.778 bits per heavy atom. The Labute approximate surface area is 246 Å². The van der Waals surface area contributed by atoms with Crippen LogP contribution in [0.5, 0.6) is 0 Å². The minimum Gasteiger partial charge on any atom is -0.367 e. The summed E-state index contributed by atoms with van der Waals surface area (Å²) in [5.74, 6) is 0. The van der Waals surface area contributed by atoms with Gasteiger partial charge in [0.2, 0.25) is 0 Å². The number of halogens is 30. The van der Waals surface area contributed by atoms with E-state index < -0.39 is 39.0 Å². The number of rotatable bonds is 0. The Balaban J connectivity index is -0.000000142. The Morgan fingerprint density at radius 2 is 0.600 bits per heavy atom. The molecule has 4 nitrogen and oxygen atoms in total. The van der Waals surface area contributed by atoms with Crippen LogP contribution in [0.1, 0.15) is 0 Å². The van der Waals surface area contributed by atoms with Crippen LogP contribution < -0.4 is 5.10 Å². The number of pyridine rings is 1. The Bertz CT molecular complexity index is 1000. The van der Waals surface area contributed by atoms with Gasteiger partial charge in [0.1, 0.15) is 0 Å². The monoisotopic (exact) mass is 1080 g/mol. The fraction of sp³-hybridized carbons (Fsp3) is 0. The molecule has 0 saturated heterocycles. The topological polar surface area (TPSA) is 52.8 Å². The molecule has 0 bridgehead atoms. The molecule has 2 rings (SSSR count). The summed E-state index contributed by atoms with van der Waals surface area (Å²) in [5.41, 5.74) is 1.36. The molecule has 0 N–H and O–H groups in total. The second-order valence-corrected chi connectivity index (χ2v) is 16.0. The first kappa shape index (κ1) is 54.1. The van der Waals surface area contributed by atoms with Crippen LogP contribution in [0.4, 0.5) is 126 Å². The van der Waals surface area contributed by atoms with Crippen molar-refractivity contribution in [2.75, 3.05) is 0 Å². The molecule has 0 aliphatic rings. The summed E-state index contributed by atoms with van der Waals surface area (Å²) in [5, 5.41) is 10.8. The van der Waals surface area contributed by atoms with Crippen molar-refractivity contribution in [2.45, 2.75) is 0 Å². The van der Waals surface area contributed by atoms with Gasteiger partial charge in [-0.2, -0.15) is 5.21 Å². The van der Waals surface area contributed by atoms with Gasteiger partial charge in [0.25, 0.3) is 0 Å². The molecule has 0 aliphatic heterocycles. The average molecular weight is 1080 g/mol. The van der Waals surface area contributed by atoms with E-state index in [0.29, 0.717) is 5.65 Å². The second-order valence-electron chi connectivity index (χ2n) is 6.43. The van der Waals surface area contributed by atoms with Crippen molar-refractivity contribution in [3.8, 4) is 0 Å². The first-order chi connectivity index (χ1) is 16.7. The molecule has 0 aromatic carbocycles. The minimum atomic E-state index is -10.7. The third kappa shape index (κ3) is 273. The van der Waals surface area contributed by atoms with Crippen LogP contribution in [0.3, 0.4) is 0 Å². The first-order valence-corrected chi connectivity index (χ1v) is 17.7. The maximum absolute atomic E-state index is 10.7. The van der Waals surface area contributed by atoms with E-state index in [-0.39, 0.29) is 31.1 Å². The van der Waals surface area contributed by atoms with Crippen LogP contribution in [0.25, 0.3) is 11.2 Å². The molecule has 288 valence electrons. The Hall–Kier alpha value is -0.348. The minimum absolute atomic E-state index is 0. The zero-order chi connectivity index (χ0) is 38.1. The van der Waals surface area contributed by atoms with Crippen molar-refractivity contribution >= 4 is 50.2 Å². The number of nitrogens with zero attached hydrogens (tertiary/aromatic N) is 4. The summed E-state index contributed by atoms with van der Waals surface area (Å²) in [6, 6.07) is 3.63. The van der Waals surface area contributed by atoms with Crippen LogP contribution in [-0.2, 0) is 0 Å². The van der Waals surface area contributed by atoms with E-state index in [1.807, 2.05) is 6.07 Å². The standard InChI is InChI=1S/C5H3N4.5F6P.U/c1-2-4-5(6-3-1)8-9-7-4;5*1-7(2,3,4,5)6;/h1-3H;;;;;;/q6*-1;. The fourth-order valence-corrected chi connectivity index (χ4v) is 0.656. The van der Waals surface area contributed by atoms with Crippen LogP contribution in [0, 0.1) is 31.1 Å². The third-order valence-electron chi connectivity index (χ3n) is 1.06. The van der Waals surface area contributed by atoms with E-state index in [1.165, 1.54) is 0 Å². The number of fused-ring (bicyclic) bond motifs is 1. The van der Waals surface area contributed by atoms with E-state index in [9.17, 15) is 126 Å². The first-order valence-electron chi connectivity index (χ1n) is 7.61. The van der Waals surface area contributed by atoms with Crippen LogP contribution >= 0.6 is 39.0 Å². The molecular weight excluding hydrogens is 1080 g/mol. The smallest absolute Gasteiger partial charge is 0.0397 e. The molecule has 0 unspecified atom stereocenters. The van der Waals surface area contributed by atoms with E-state index >= 15 is 0 Å². The van der Waals surface area contributed by atoms with Gasteiger partial charge in [-0.1, -0.05) is 6.07 Å². The quantitative estimate of drug-likeness (QED) is 0.195. The van der Waals surface area contributed by atoms with Crippen molar-refractivity contribution in [1.82, 2.24) is 20.4 Å². The van der Waals surface area contributed by atoms with Gasteiger partial charge in [0, 0.05) is 42.3 Å². The second kappa shape index (κ2) is 10.3. The van der Waals surface area contributed by atoms with Crippen molar-refractivity contribution < 1.29 is 157 Å². The van der Waals surface area contributed by atoms with Crippen LogP contribution in [-0.4, -0.2) is 15.3 Å². The molecule has 40 heteroatoms. The number of aromatic nitrogens is 4. The molecule has 2 aromatic rings. The van der Waals surface area contributed by atoms with Crippen molar-refractivity contribution in [1.29, 1.82) is 0 Å². The zero-order valence-corrected chi connectivity index (χ0v) is 27.2. The Kier molecular flexibility index (Phi) is 12.4. The van der Waals surface area contributed by atoms with Crippen LogP contribution in [0.15, 0.2) is 18.3 Å². The molecule has 0 amide bonds. The van der Waals surface area contributed by atoms with Gasteiger partial charge in [-0.3, -0.25) is 10.2 Å². The maximum Gasteiger partial charge on any atom is 0.0397 e. The molecule has 0 aliphatic carbocycles. The van der Waals surface area contributed by atoms with E-state index in [1.54, 1.807) is 12.3 Å². The summed E-state index contributed by atoms with van der Waals surface area (Å²) < 4.78 is 296. The van der Waals surface area contributed by atoms with Crippen molar-refractivity contribution in [3.63, 3.8) is 0 Å². The van der Waals surface area contributed by atoms with Gasteiger partial charge < -0.3 is 4.98 Å². The predicted octanol–water partition coefficient (Wildman–Crippen LogP) is 16.9. The summed E-state index contributed by atoms with van der Waals surface area (Å²) in [4.78, 5) is 3.91. The summed E-state index contributed by atoms with van der Waals surface area (Å²) >= 11 is 0. The van der Waals surface area contributed by atoms with Gasteiger partial charge in [0.15, 0.2) is 0 Å². The van der Waals surface area contributed by atoms with Crippen molar-refractivity contribution in [2.24, 2.45) is 0 Å². The van der Waals surface area contributed by atoms with E-state index in [4.69, 9.17) is 0 Å². The zero-order valence-electron chi connectivity index (χ0n) is 18.6. The molecule has 2 aromatic heterocycles. The Morgan fingerprint density at radius 1 is 0.400 bits per heavy atom. The molecule has 0 radical (unpaired) electrons. The molecule has 45 heavy (non-hydrogen) atoms. The van der Waals surface area contributed by atoms with E-state index in [0.717, 1.165) is 5.52 Å². The molecule has 0 spiro atoms. The van der Waals surface area contributed by atoms with Gasteiger partial charge >= 0.3 is 165 Å². The fourth-order valence-electron chi connectivity index (χ4n) is 0.656. The van der Waals surface area contributed by atoms with Crippen molar-refractivity contribution in [3.05, 3.63) is 18.3 Å². The van der Waals surface area contributed by atoms with Gasteiger partial charge in [0.05, 0.1) is 0 Å². The van der Waals surface area contributed by atoms with Gasteiger partial charge in [-0.05, 0) is 12.3 Å². The average Bonchev–Trinajstić information content (AvgIpc) is 2.76. The third-order valence-corrected chi connectivity index (χ3v) is 1.06. The van der Waals surface area contributed by atoms with Gasteiger partial charge in [-0.15, -0.1) is 0 Å². The molecule has 0 atom stereocenters. The van der Waals surface area contributed by atoms with Gasteiger partial charge in [-0.25, -0.2) is 0 Å². The predicted molar refractivity (Wildman–Crippen MR) is 98.5 cm³/mol. The molecular formula is C5H3F30N4P5U-6. The van der Waals surface area contributed by atoms with E-state index in [2.05, 4.69) is 20.4 Å². The molecule has 2 heterocycles. The number of hydrogen-bond donors (Lipinski definition) is 0.